The van der Waals surface area contributed by atoms with Crippen molar-refractivity contribution in [3.63, 3.8) is 0 Å². The van der Waals surface area contributed by atoms with Gasteiger partial charge in [0.1, 0.15) is 11.3 Å². The average molecular weight is 427 g/mol. The van der Waals surface area contributed by atoms with Crippen molar-refractivity contribution in [3.8, 4) is 5.75 Å². The van der Waals surface area contributed by atoms with E-state index < -0.39 is 0 Å². The van der Waals surface area contributed by atoms with Crippen molar-refractivity contribution in [1.29, 1.82) is 0 Å². The molecule has 31 heavy (non-hydrogen) atoms. The summed E-state index contributed by atoms with van der Waals surface area (Å²) in [6.07, 6.45) is 15.9. The lowest BCUT2D eigenvalue weighted by molar-refractivity contribution is 0.0598. The number of fused-ring (bicyclic) bond motifs is 1. The summed E-state index contributed by atoms with van der Waals surface area (Å²) < 4.78 is 11.0. The van der Waals surface area contributed by atoms with Crippen LogP contribution >= 0.6 is 0 Å². The first-order valence-corrected chi connectivity index (χ1v) is 12.4. The van der Waals surface area contributed by atoms with Gasteiger partial charge in [-0.2, -0.15) is 0 Å². The maximum Gasteiger partial charge on any atom is 0.342 e. The van der Waals surface area contributed by atoms with E-state index in [1.54, 1.807) is 0 Å². The van der Waals surface area contributed by atoms with Crippen LogP contribution in [0.4, 0.5) is 0 Å². The molecule has 2 aromatic rings. The van der Waals surface area contributed by atoms with E-state index in [4.69, 9.17) is 9.47 Å². The molecule has 0 radical (unpaired) electrons. The third kappa shape index (κ3) is 8.93. The molecule has 1 atom stereocenters. The van der Waals surface area contributed by atoms with E-state index in [0.29, 0.717) is 17.9 Å². The molecule has 0 amide bonds. The number of carbonyl (C=O) groups excluding carboxylic acids is 1. The molecule has 0 bridgehead atoms. The molecule has 172 valence electrons. The molecule has 0 N–H and O–H groups in total. The molecule has 1 unspecified atom stereocenters. The number of rotatable bonds is 16. The quantitative estimate of drug-likeness (QED) is 0.200. The molecule has 0 aliphatic heterocycles. The summed E-state index contributed by atoms with van der Waals surface area (Å²) in [7, 11) is 1.42. The second-order valence-corrected chi connectivity index (χ2v) is 8.86. The third-order valence-electron chi connectivity index (χ3n) is 6.18. The average Bonchev–Trinajstić information content (AvgIpc) is 2.80. The number of unbranched alkanes of at least 4 members (excludes halogenated alkanes) is 8. The van der Waals surface area contributed by atoms with Gasteiger partial charge in [0, 0.05) is 0 Å². The zero-order valence-electron chi connectivity index (χ0n) is 20.0. The molecule has 2 rings (SSSR count). The molecular formula is C28H42O3. The smallest absolute Gasteiger partial charge is 0.342 e. The SMILES string of the molecule is CCCCCCCCCCCC(C)CCCOc1ccc2ccccc2c1C(=O)OC. The first-order valence-electron chi connectivity index (χ1n) is 12.4. The molecular weight excluding hydrogens is 384 g/mol. The number of hydrogen-bond donors (Lipinski definition) is 0. The summed E-state index contributed by atoms with van der Waals surface area (Å²) in [4.78, 5) is 12.3. The highest BCUT2D eigenvalue weighted by molar-refractivity contribution is 6.07. The van der Waals surface area contributed by atoms with Crippen LogP contribution in [0.2, 0.25) is 0 Å². The van der Waals surface area contributed by atoms with E-state index in [9.17, 15) is 4.79 Å². The normalized spacial score (nSPS) is 12.1. The summed E-state index contributed by atoms with van der Waals surface area (Å²) in [5.74, 6) is 1.01. The Labute approximate surface area is 189 Å². The monoisotopic (exact) mass is 426 g/mol. The van der Waals surface area contributed by atoms with Gasteiger partial charge < -0.3 is 9.47 Å². The van der Waals surface area contributed by atoms with E-state index in [-0.39, 0.29) is 5.97 Å². The van der Waals surface area contributed by atoms with Crippen molar-refractivity contribution in [2.24, 2.45) is 5.92 Å². The van der Waals surface area contributed by atoms with E-state index in [0.717, 1.165) is 29.5 Å². The van der Waals surface area contributed by atoms with Crippen molar-refractivity contribution >= 4 is 16.7 Å². The van der Waals surface area contributed by atoms with Gasteiger partial charge in [0.15, 0.2) is 0 Å². The van der Waals surface area contributed by atoms with Gasteiger partial charge in [-0.05, 0) is 35.6 Å². The minimum absolute atomic E-state index is 0.342. The molecule has 0 aromatic heterocycles. The van der Waals surface area contributed by atoms with Gasteiger partial charge in [0.2, 0.25) is 0 Å². The Morgan fingerprint density at radius 3 is 2.19 bits per heavy atom. The molecule has 0 fully saturated rings. The number of benzene rings is 2. The number of esters is 1. The molecule has 0 saturated carbocycles. The van der Waals surface area contributed by atoms with Crippen LogP contribution < -0.4 is 4.74 Å². The maximum absolute atomic E-state index is 12.3. The fourth-order valence-electron chi connectivity index (χ4n) is 4.25. The van der Waals surface area contributed by atoms with Crippen LogP contribution in [0.25, 0.3) is 10.8 Å². The summed E-state index contributed by atoms with van der Waals surface area (Å²) in [6.45, 7) is 5.25. The minimum Gasteiger partial charge on any atom is -0.493 e. The lowest BCUT2D eigenvalue weighted by Gasteiger charge is -2.14. The molecule has 0 aliphatic carbocycles. The molecule has 0 spiro atoms. The molecule has 3 heteroatoms. The third-order valence-corrected chi connectivity index (χ3v) is 6.18. The molecule has 0 heterocycles. The number of hydrogen-bond acceptors (Lipinski definition) is 3. The molecule has 3 nitrogen and oxygen atoms in total. The van der Waals surface area contributed by atoms with Gasteiger partial charge in [-0.15, -0.1) is 0 Å². The van der Waals surface area contributed by atoms with Crippen LogP contribution in [-0.2, 0) is 4.74 Å². The van der Waals surface area contributed by atoms with Gasteiger partial charge in [-0.1, -0.05) is 108 Å². The molecule has 0 saturated heterocycles. The highest BCUT2D eigenvalue weighted by atomic mass is 16.5. The van der Waals surface area contributed by atoms with Crippen LogP contribution in [0.1, 0.15) is 101 Å². The summed E-state index contributed by atoms with van der Waals surface area (Å²) >= 11 is 0. The number of ether oxygens (including phenoxy) is 2. The van der Waals surface area contributed by atoms with E-state index in [1.165, 1.54) is 71.3 Å². The summed E-state index contributed by atoms with van der Waals surface area (Å²) in [6, 6.07) is 11.7. The Hall–Kier alpha value is -2.03. The predicted octanol–water partition coefficient (Wildman–Crippen LogP) is 8.34. The van der Waals surface area contributed by atoms with Crippen LogP contribution in [0.3, 0.4) is 0 Å². The Morgan fingerprint density at radius 2 is 1.48 bits per heavy atom. The van der Waals surface area contributed by atoms with Gasteiger partial charge in [-0.25, -0.2) is 4.79 Å². The van der Waals surface area contributed by atoms with Gasteiger partial charge in [0.05, 0.1) is 13.7 Å². The standard InChI is InChI=1S/C28H42O3/c1-4-5-6-7-8-9-10-11-12-16-23(2)17-15-22-31-26-21-20-24-18-13-14-19-25(24)27(26)28(29)30-3/h13-14,18-21,23H,4-12,15-17,22H2,1-3H3. The van der Waals surface area contributed by atoms with Crippen molar-refractivity contribution in [3.05, 3.63) is 42.0 Å². The summed E-state index contributed by atoms with van der Waals surface area (Å²) in [5, 5.41) is 1.90. The number of methoxy groups -OCH3 is 1. The summed E-state index contributed by atoms with van der Waals surface area (Å²) in [5.41, 5.74) is 0.531. The van der Waals surface area contributed by atoms with E-state index in [2.05, 4.69) is 13.8 Å². The second-order valence-electron chi connectivity index (χ2n) is 8.86. The van der Waals surface area contributed by atoms with E-state index >= 15 is 0 Å². The zero-order valence-corrected chi connectivity index (χ0v) is 20.0. The van der Waals surface area contributed by atoms with Crippen molar-refractivity contribution in [2.75, 3.05) is 13.7 Å². The fraction of sp³-hybridized carbons (Fsp3) is 0.607. The molecule has 0 aliphatic rings. The fourth-order valence-corrected chi connectivity index (χ4v) is 4.25. The van der Waals surface area contributed by atoms with Crippen molar-refractivity contribution in [1.82, 2.24) is 0 Å². The van der Waals surface area contributed by atoms with Crippen LogP contribution in [0.15, 0.2) is 36.4 Å². The van der Waals surface area contributed by atoms with Crippen LogP contribution in [0, 0.1) is 5.92 Å². The van der Waals surface area contributed by atoms with Gasteiger partial charge in [-0.3, -0.25) is 0 Å². The van der Waals surface area contributed by atoms with E-state index in [1.807, 2.05) is 36.4 Å². The highest BCUT2D eigenvalue weighted by Crippen LogP contribution is 2.29. The first kappa shape index (κ1) is 25.2. The Bertz CT molecular complexity index is 768. The highest BCUT2D eigenvalue weighted by Gasteiger charge is 2.17. The lowest BCUT2D eigenvalue weighted by atomic mass is 9.97. The minimum atomic E-state index is -0.342. The van der Waals surface area contributed by atoms with Gasteiger partial charge in [0.25, 0.3) is 0 Å². The second kappa shape index (κ2) is 14.9. The van der Waals surface area contributed by atoms with Crippen molar-refractivity contribution < 1.29 is 14.3 Å². The predicted molar refractivity (Wildman–Crippen MR) is 131 cm³/mol. The van der Waals surface area contributed by atoms with Crippen LogP contribution in [0.5, 0.6) is 5.75 Å². The lowest BCUT2D eigenvalue weighted by Crippen LogP contribution is -2.08. The number of carbonyl (C=O) groups is 1. The van der Waals surface area contributed by atoms with Crippen LogP contribution in [-0.4, -0.2) is 19.7 Å². The Balaban J connectivity index is 1.66. The Kier molecular flexibility index (Phi) is 12.1. The van der Waals surface area contributed by atoms with Gasteiger partial charge >= 0.3 is 5.97 Å². The Morgan fingerprint density at radius 1 is 0.839 bits per heavy atom. The maximum atomic E-state index is 12.3. The molecule has 2 aromatic carbocycles. The largest absolute Gasteiger partial charge is 0.493 e. The first-order chi connectivity index (χ1) is 15.2. The topological polar surface area (TPSA) is 35.5 Å². The zero-order chi connectivity index (χ0) is 22.3. The van der Waals surface area contributed by atoms with Crippen molar-refractivity contribution in [2.45, 2.75) is 90.9 Å².